The second-order valence-corrected chi connectivity index (χ2v) is 4.86. The van der Waals surface area contributed by atoms with Gasteiger partial charge in [0.2, 0.25) is 17.6 Å². The molecule has 0 fully saturated rings. The average Bonchev–Trinajstić information content (AvgIpc) is 2.54. The van der Waals surface area contributed by atoms with Crippen molar-refractivity contribution < 1.29 is 22.7 Å². The van der Waals surface area contributed by atoms with E-state index in [0.717, 1.165) is 0 Å². The summed E-state index contributed by atoms with van der Waals surface area (Å²) in [7, 11) is 0. The summed E-state index contributed by atoms with van der Waals surface area (Å²) in [6, 6.07) is 11.9. The highest BCUT2D eigenvalue weighted by Gasteiger charge is 2.35. The number of aromatic nitrogens is 2. The van der Waals surface area contributed by atoms with E-state index in [2.05, 4.69) is 9.97 Å². The number of benzene rings is 2. The maximum Gasteiger partial charge on any atom is 0.451 e. The van der Waals surface area contributed by atoms with Gasteiger partial charge >= 0.3 is 6.18 Å². The summed E-state index contributed by atoms with van der Waals surface area (Å²) in [6.45, 7) is 0. The predicted molar refractivity (Wildman–Crippen MR) is 79.6 cm³/mol. The minimum Gasteiger partial charge on any atom is -0.438 e. The summed E-state index contributed by atoms with van der Waals surface area (Å²) in [5.74, 6) is -1.91. The maximum absolute atomic E-state index is 12.9. The van der Waals surface area contributed by atoms with E-state index >= 15 is 0 Å². The van der Waals surface area contributed by atoms with E-state index < -0.39 is 17.9 Å². The minimum atomic E-state index is -4.70. The van der Waals surface area contributed by atoms with Crippen LogP contribution >= 0.6 is 0 Å². The molecule has 1 heterocycles. The fourth-order valence-electron chi connectivity index (χ4n) is 2.05. The molecule has 3 aromatic rings. The van der Waals surface area contributed by atoms with Crippen LogP contribution in [-0.2, 0) is 6.18 Å². The summed E-state index contributed by atoms with van der Waals surface area (Å²) in [5, 5.41) is 0.337. The van der Waals surface area contributed by atoms with E-state index in [-0.39, 0.29) is 22.7 Å². The van der Waals surface area contributed by atoms with E-state index in [1.807, 2.05) is 0 Å². The first-order valence-corrected chi connectivity index (χ1v) is 6.76. The zero-order valence-electron chi connectivity index (χ0n) is 12.0. The molecule has 5 nitrogen and oxygen atoms in total. The number of carbonyl (C=O) groups excluding carboxylic acids is 1. The molecule has 0 atom stereocenters. The summed E-state index contributed by atoms with van der Waals surface area (Å²) < 4.78 is 44.3. The van der Waals surface area contributed by atoms with Crippen LogP contribution in [0.15, 0.2) is 48.5 Å². The lowest BCUT2D eigenvalue weighted by molar-refractivity contribution is -0.144. The van der Waals surface area contributed by atoms with Gasteiger partial charge in [0.15, 0.2) is 0 Å². The van der Waals surface area contributed by atoms with Gasteiger partial charge < -0.3 is 10.5 Å². The number of carbonyl (C=O) groups is 1. The first kappa shape index (κ1) is 15.7. The van der Waals surface area contributed by atoms with Crippen molar-refractivity contribution >= 4 is 16.8 Å². The van der Waals surface area contributed by atoms with Gasteiger partial charge in [-0.2, -0.15) is 18.2 Å². The van der Waals surface area contributed by atoms with Crippen molar-refractivity contribution in [1.29, 1.82) is 0 Å². The molecule has 24 heavy (non-hydrogen) atoms. The van der Waals surface area contributed by atoms with Crippen LogP contribution in [-0.4, -0.2) is 15.9 Å². The van der Waals surface area contributed by atoms with Crippen molar-refractivity contribution in [2.75, 3.05) is 0 Å². The predicted octanol–water partition coefficient (Wildman–Crippen LogP) is 3.54. The van der Waals surface area contributed by atoms with Gasteiger partial charge in [-0.25, -0.2) is 4.98 Å². The molecule has 2 N–H and O–H groups in total. The molecule has 0 unspecified atom stereocenters. The molecule has 0 aliphatic carbocycles. The Morgan fingerprint density at radius 3 is 2.29 bits per heavy atom. The monoisotopic (exact) mass is 333 g/mol. The lowest BCUT2D eigenvalue weighted by Gasteiger charge is -2.11. The Morgan fingerprint density at radius 2 is 1.67 bits per heavy atom. The molecule has 8 heteroatoms. The van der Waals surface area contributed by atoms with Crippen molar-refractivity contribution in [2.45, 2.75) is 6.18 Å². The Kier molecular flexibility index (Phi) is 3.80. The highest BCUT2D eigenvalue weighted by Crippen LogP contribution is 2.33. The number of rotatable bonds is 3. The number of fused-ring (bicyclic) bond motifs is 1. The largest absolute Gasteiger partial charge is 0.451 e. The molecule has 3 rings (SSSR count). The van der Waals surface area contributed by atoms with Crippen LogP contribution in [0.2, 0.25) is 0 Å². The van der Waals surface area contributed by atoms with Crippen molar-refractivity contribution in [3.63, 3.8) is 0 Å². The molecule has 1 aromatic heterocycles. The van der Waals surface area contributed by atoms with Gasteiger partial charge in [0.25, 0.3) is 0 Å². The van der Waals surface area contributed by atoms with E-state index in [4.69, 9.17) is 10.5 Å². The Bertz CT molecular complexity index is 909. The molecule has 1 amide bonds. The zero-order chi connectivity index (χ0) is 17.3. The Labute approximate surface area is 133 Å². The third-order valence-corrected chi connectivity index (χ3v) is 3.18. The Morgan fingerprint density at radius 1 is 1.00 bits per heavy atom. The van der Waals surface area contributed by atoms with Crippen LogP contribution in [0, 0.1) is 0 Å². The molecule has 2 aromatic carbocycles. The van der Waals surface area contributed by atoms with Crippen LogP contribution in [0.3, 0.4) is 0 Å². The van der Waals surface area contributed by atoms with E-state index in [9.17, 15) is 18.0 Å². The smallest absolute Gasteiger partial charge is 0.438 e. The number of amides is 1. The van der Waals surface area contributed by atoms with Crippen molar-refractivity contribution in [3.05, 3.63) is 59.9 Å². The molecule has 0 aliphatic heterocycles. The number of hydrogen-bond acceptors (Lipinski definition) is 4. The fraction of sp³-hybridized carbons (Fsp3) is 0.0625. The molecular formula is C16H10F3N3O2. The van der Waals surface area contributed by atoms with Crippen molar-refractivity contribution in [3.8, 4) is 11.6 Å². The normalized spacial score (nSPS) is 11.5. The number of nitrogens with zero attached hydrogens (tertiary/aromatic N) is 2. The van der Waals surface area contributed by atoms with E-state index in [0.29, 0.717) is 5.39 Å². The summed E-state index contributed by atoms with van der Waals surface area (Å²) in [6.07, 6.45) is -4.70. The van der Waals surface area contributed by atoms with Gasteiger partial charge in [-0.3, -0.25) is 4.79 Å². The zero-order valence-corrected chi connectivity index (χ0v) is 12.0. The molecular weight excluding hydrogens is 323 g/mol. The lowest BCUT2D eigenvalue weighted by Crippen LogP contribution is -2.12. The number of halogens is 3. The number of alkyl halides is 3. The Hall–Kier alpha value is -3.16. The van der Waals surface area contributed by atoms with Gasteiger partial charge in [0, 0.05) is 5.56 Å². The topological polar surface area (TPSA) is 78.1 Å². The summed E-state index contributed by atoms with van der Waals surface area (Å²) in [5.41, 5.74) is 5.50. The summed E-state index contributed by atoms with van der Waals surface area (Å²) in [4.78, 5) is 18.0. The molecule has 0 saturated heterocycles. The number of para-hydroxylation sites is 1. The molecule has 0 aliphatic rings. The number of hydrogen-bond donors (Lipinski definition) is 1. The van der Waals surface area contributed by atoms with Crippen LogP contribution in [0.4, 0.5) is 13.2 Å². The molecule has 0 saturated carbocycles. The van der Waals surface area contributed by atoms with E-state index in [1.165, 1.54) is 30.3 Å². The van der Waals surface area contributed by atoms with Crippen LogP contribution in [0.5, 0.6) is 11.6 Å². The summed E-state index contributed by atoms with van der Waals surface area (Å²) >= 11 is 0. The standard InChI is InChI=1S/C16H10F3N3O2/c17-16(18,19)15-21-12-4-2-1-3-11(12)14(22-15)24-10-7-5-9(6-8-10)13(20)23/h1-8H,(H2,20,23). The highest BCUT2D eigenvalue weighted by atomic mass is 19.4. The number of nitrogens with two attached hydrogens (primary N) is 1. The van der Waals surface area contributed by atoms with Gasteiger partial charge in [0.05, 0.1) is 10.9 Å². The molecule has 122 valence electrons. The number of ether oxygens (including phenoxy) is 1. The first-order valence-electron chi connectivity index (χ1n) is 6.76. The third kappa shape index (κ3) is 3.12. The van der Waals surface area contributed by atoms with Crippen LogP contribution in [0.25, 0.3) is 10.9 Å². The molecule has 0 bridgehead atoms. The van der Waals surface area contributed by atoms with Gasteiger partial charge in [0.1, 0.15) is 5.75 Å². The first-order chi connectivity index (χ1) is 11.3. The number of primary amides is 1. The van der Waals surface area contributed by atoms with E-state index in [1.54, 1.807) is 18.2 Å². The Balaban J connectivity index is 2.05. The van der Waals surface area contributed by atoms with Gasteiger partial charge in [-0.15, -0.1) is 0 Å². The van der Waals surface area contributed by atoms with Gasteiger partial charge in [-0.05, 0) is 36.4 Å². The second-order valence-electron chi connectivity index (χ2n) is 4.86. The second kappa shape index (κ2) is 5.80. The van der Waals surface area contributed by atoms with Crippen molar-refractivity contribution in [1.82, 2.24) is 9.97 Å². The van der Waals surface area contributed by atoms with Crippen molar-refractivity contribution in [2.24, 2.45) is 5.73 Å². The fourth-order valence-corrected chi connectivity index (χ4v) is 2.05. The quantitative estimate of drug-likeness (QED) is 0.795. The average molecular weight is 333 g/mol. The van der Waals surface area contributed by atoms with Crippen LogP contribution < -0.4 is 10.5 Å². The third-order valence-electron chi connectivity index (χ3n) is 3.18. The van der Waals surface area contributed by atoms with Gasteiger partial charge in [-0.1, -0.05) is 12.1 Å². The highest BCUT2D eigenvalue weighted by molar-refractivity contribution is 5.92. The SMILES string of the molecule is NC(=O)c1ccc(Oc2nc(C(F)(F)F)nc3ccccc23)cc1. The van der Waals surface area contributed by atoms with Crippen LogP contribution in [0.1, 0.15) is 16.2 Å². The lowest BCUT2D eigenvalue weighted by atomic mass is 10.2. The molecule has 0 radical (unpaired) electrons. The minimum absolute atomic E-state index is 0.114. The maximum atomic E-state index is 12.9. The molecule has 0 spiro atoms.